The molecule has 1 aliphatic rings. The summed E-state index contributed by atoms with van der Waals surface area (Å²) < 4.78 is 3.98. The third-order valence-corrected chi connectivity index (χ3v) is 4.66. The lowest BCUT2D eigenvalue weighted by atomic mass is 10.1. The molecule has 118 valence electrons. The predicted molar refractivity (Wildman–Crippen MR) is 84.4 cm³/mol. The molecule has 1 amide bonds. The Bertz CT molecular complexity index is 474. The van der Waals surface area contributed by atoms with Gasteiger partial charge in [-0.25, -0.2) is 0 Å². The van der Waals surface area contributed by atoms with Crippen LogP contribution in [-0.4, -0.2) is 65.1 Å². The molecular weight excluding hydrogens is 286 g/mol. The topological polar surface area (TPSA) is 61.4 Å². The van der Waals surface area contributed by atoms with Gasteiger partial charge in [0.15, 0.2) is 0 Å². The van der Waals surface area contributed by atoms with Crippen LogP contribution >= 0.6 is 11.5 Å². The largest absolute Gasteiger partial charge is 0.350 e. The third kappa shape index (κ3) is 4.46. The number of nitrogens with zero attached hydrogens (tertiary/aromatic N) is 4. The van der Waals surface area contributed by atoms with Crippen molar-refractivity contribution in [1.82, 2.24) is 24.7 Å². The smallest absolute Gasteiger partial charge is 0.234 e. The number of carbonyl (C=O) groups is 1. The van der Waals surface area contributed by atoms with Crippen molar-refractivity contribution in [1.29, 1.82) is 0 Å². The van der Waals surface area contributed by atoms with Crippen LogP contribution in [0.3, 0.4) is 0 Å². The summed E-state index contributed by atoms with van der Waals surface area (Å²) in [5, 5.41) is 7.12. The van der Waals surface area contributed by atoms with Crippen LogP contribution in [0.15, 0.2) is 0 Å². The van der Waals surface area contributed by atoms with Gasteiger partial charge in [-0.05, 0) is 38.0 Å². The zero-order valence-electron chi connectivity index (χ0n) is 13.3. The number of rotatable bonds is 6. The summed E-state index contributed by atoms with van der Waals surface area (Å²) in [6.07, 6.45) is 1.14. The molecule has 0 unspecified atom stereocenters. The molecule has 1 atom stereocenters. The molecule has 0 bridgehead atoms. The van der Waals surface area contributed by atoms with Crippen LogP contribution in [0.4, 0.5) is 0 Å². The molecule has 0 saturated carbocycles. The number of likely N-dealkylation sites (tertiary alicyclic amines) is 1. The van der Waals surface area contributed by atoms with Crippen LogP contribution in [0, 0.1) is 0 Å². The summed E-state index contributed by atoms with van der Waals surface area (Å²) in [5.41, 5.74) is 0.995. The van der Waals surface area contributed by atoms with Crippen LogP contribution in [0.25, 0.3) is 0 Å². The van der Waals surface area contributed by atoms with E-state index in [2.05, 4.69) is 52.6 Å². The Hall–Kier alpha value is -1.05. The first kappa shape index (κ1) is 16.3. The fraction of sp³-hybridized carbons (Fsp3) is 0.786. The second-order valence-corrected chi connectivity index (χ2v) is 6.99. The molecule has 1 saturated heterocycles. The minimum absolute atomic E-state index is 0.0810. The molecule has 0 aromatic carbocycles. The van der Waals surface area contributed by atoms with Crippen LogP contribution in [-0.2, 0) is 11.3 Å². The molecule has 2 rings (SSSR count). The van der Waals surface area contributed by atoms with Gasteiger partial charge in [0.1, 0.15) is 0 Å². The predicted octanol–water partition coefficient (Wildman–Crippen LogP) is 0.914. The number of hydrogen-bond acceptors (Lipinski definition) is 6. The van der Waals surface area contributed by atoms with E-state index in [1.165, 1.54) is 11.5 Å². The van der Waals surface area contributed by atoms with E-state index in [1.807, 2.05) is 0 Å². The highest BCUT2D eigenvalue weighted by Gasteiger charge is 2.25. The highest BCUT2D eigenvalue weighted by molar-refractivity contribution is 7.05. The lowest BCUT2D eigenvalue weighted by Gasteiger charge is -2.20. The molecule has 0 aliphatic carbocycles. The van der Waals surface area contributed by atoms with E-state index in [-0.39, 0.29) is 5.91 Å². The number of nitrogens with one attached hydrogen (secondary N) is 1. The van der Waals surface area contributed by atoms with E-state index in [9.17, 15) is 4.79 Å². The van der Waals surface area contributed by atoms with Gasteiger partial charge in [0.2, 0.25) is 5.91 Å². The average Bonchev–Trinajstić information content (AvgIpc) is 3.04. The van der Waals surface area contributed by atoms with Gasteiger partial charge in [-0.3, -0.25) is 9.69 Å². The van der Waals surface area contributed by atoms with E-state index in [1.54, 1.807) is 0 Å². The minimum Gasteiger partial charge on any atom is -0.350 e. The Balaban J connectivity index is 1.77. The number of amides is 1. The zero-order valence-corrected chi connectivity index (χ0v) is 14.1. The molecule has 1 aliphatic heterocycles. The molecule has 7 heteroatoms. The third-order valence-electron chi connectivity index (χ3n) is 3.92. The second kappa shape index (κ2) is 7.29. The van der Waals surface area contributed by atoms with E-state index in [4.69, 9.17) is 0 Å². The van der Waals surface area contributed by atoms with Gasteiger partial charge in [-0.1, -0.05) is 18.3 Å². The van der Waals surface area contributed by atoms with E-state index >= 15 is 0 Å². The lowest BCUT2D eigenvalue weighted by Crippen LogP contribution is -2.38. The van der Waals surface area contributed by atoms with Crippen molar-refractivity contribution in [3.63, 3.8) is 0 Å². The fourth-order valence-corrected chi connectivity index (χ4v) is 3.33. The molecule has 21 heavy (non-hydrogen) atoms. The molecule has 1 fully saturated rings. The molecule has 6 nitrogen and oxygen atoms in total. The Kier molecular flexibility index (Phi) is 5.66. The summed E-state index contributed by atoms with van der Waals surface area (Å²) >= 11 is 1.37. The fourth-order valence-electron chi connectivity index (χ4n) is 2.59. The normalized spacial score (nSPS) is 19.6. The molecule has 1 aromatic rings. The number of aromatic nitrogens is 2. The maximum absolute atomic E-state index is 12.0. The maximum atomic E-state index is 12.0. The van der Waals surface area contributed by atoms with Crippen molar-refractivity contribution in [3.8, 4) is 0 Å². The zero-order chi connectivity index (χ0) is 15.4. The summed E-state index contributed by atoms with van der Waals surface area (Å²) in [6.45, 7) is 7.17. The van der Waals surface area contributed by atoms with Gasteiger partial charge in [0, 0.05) is 19.1 Å². The summed E-state index contributed by atoms with van der Waals surface area (Å²) in [7, 11) is 4.19. The summed E-state index contributed by atoms with van der Waals surface area (Å²) in [5.74, 6) is 0.424. The summed E-state index contributed by atoms with van der Waals surface area (Å²) in [6, 6.07) is 0.566. The van der Waals surface area contributed by atoms with Gasteiger partial charge < -0.3 is 10.2 Å². The Labute approximate surface area is 130 Å². The van der Waals surface area contributed by atoms with E-state index < -0.39 is 0 Å². The first-order valence-corrected chi connectivity index (χ1v) is 8.21. The van der Waals surface area contributed by atoms with Crippen molar-refractivity contribution in [3.05, 3.63) is 10.6 Å². The summed E-state index contributed by atoms with van der Waals surface area (Å²) in [4.78, 5) is 17.6. The van der Waals surface area contributed by atoms with Crippen molar-refractivity contribution >= 4 is 17.4 Å². The van der Waals surface area contributed by atoms with Gasteiger partial charge in [-0.2, -0.15) is 0 Å². The quantitative estimate of drug-likeness (QED) is 0.846. The molecule has 0 radical (unpaired) electrons. The molecule has 1 aromatic heterocycles. The Morgan fingerprint density at radius 1 is 1.52 bits per heavy atom. The standard InChI is InChI=1S/C14H25N5OS/c1-10(2)14-12(21-17-16-14)7-15-13(20)9-19-6-5-11(8-19)18(3)4/h10-11H,5-9H2,1-4H3,(H,15,20)/t11-/m0/s1. The van der Waals surface area contributed by atoms with Crippen LogP contribution in [0.2, 0.25) is 0 Å². The molecule has 0 spiro atoms. The Morgan fingerprint density at radius 2 is 2.29 bits per heavy atom. The van der Waals surface area contributed by atoms with Crippen LogP contribution in [0.5, 0.6) is 0 Å². The van der Waals surface area contributed by atoms with Gasteiger partial charge in [-0.15, -0.1) is 5.10 Å². The number of carbonyl (C=O) groups excluding carboxylic acids is 1. The van der Waals surface area contributed by atoms with Gasteiger partial charge in [0.25, 0.3) is 0 Å². The monoisotopic (exact) mass is 311 g/mol. The lowest BCUT2D eigenvalue weighted by molar-refractivity contribution is -0.122. The van der Waals surface area contributed by atoms with E-state index in [0.29, 0.717) is 25.0 Å². The molecule has 2 heterocycles. The minimum atomic E-state index is 0.0810. The van der Waals surface area contributed by atoms with Crippen LogP contribution in [0.1, 0.15) is 36.8 Å². The average molecular weight is 311 g/mol. The Morgan fingerprint density at radius 3 is 2.90 bits per heavy atom. The SMILES string of the molecule is CC(C)c1nnsc1CNC(=O)CN1CC[C@H](N(C)C)C1. The maximum Gasteiger partial charge on any atom is 0.234 e. The van der Waals surface area contributed by atoms with Crippen molar-refractivity contribution in [2.75, 3.05) is 33.7 Å². The van der Waals surface area contributed by atoms with Gasteiger partial charge in [0.05, 0.1) is 23.7 Å². The van der Waals surface area contributed by atoms with Crippen molar-refractivity contribution in [2.45, 2.75) is 38.8 Å². The van der Waals surface area contributed by atoms with Gasteiger partial charge >= 0.3 is 0 Å². The molecule has 1 N–H and O–H groups in total. The first-order chi connectivity index (χ1) is 9.97. The van der Waals surface area contributed by atoms with Crippen molar-refractivity contribution in [2.24, 2.45) is 0 Å². The molecular formula is C14H25N5OS. The second-order valence-electron chi connectivity index (χ2n) is 6.15. The van der Waals surface area contributed by atoms with Crippen LogP contribution < -0.4 is 5.32 Å². The van der Waals surface area contributed by atoms with Crippen molar-refractivity contribution < 1.29 is 4.79 Å². The highest BCUT2D eigenvalue weighted by atomic mass is 32.1. The number of hydrogen-bond donors (Lipinski definition) is 1. The highest BCUT2D eigenvalue weighted by Crippen LogP contribution is 2.19. The number of likely N-dealkylation sites (N-methyl/N-ethyl adjacent to an activating group) is 1. The first-order valence-electron chi connectivity index (χ1n) is 7.44. The van der Waals surface area contributed by atoms with E-state index in [0.717, 1.165) is 30.1 Å².